The zero-order valence-corrected chi connectivity index (χ0v) is 24.9. The Balaban J connectivity index is 1.47. The Bertz CT molecular complexity index is 1750. The van der Waals surface area contributed by atoms with E-state index in [4.69, 9.17) is 4.98 Å². The van der Waals surface area contributed by atoms with Gasteiger partial charge in [0.2, 0.25) is 0 Å². The van der Waals surface area contributed by atoms with Crippen LogP contribution in [0, 0.1) is 6.92 Å². The summed E-state index contributed by atoms with van der Waals surface area (Å²) in [7, 11) is 0. The Morgan fingerprint density at radius 2 is 1.90 bits per heavy atom. The van der Waals surface area contributed by atoms with Crippen LogP contribution in [0.5, 0.6) is 0 Å². The molecule has 6 heterocycles. The van der Waals surface area contributed by atoms with Crippen LogP contribution in [0.4, 0.5) is 14.5 Å². The fourth-order valence-electron chi connectivity index (χ4n) is 5.47. The summed E-state index contributed by atoms with van der Waals surface area (Å²) in [5.74, 6) is 0.853. The Labute approximate surface area is 244 Å². The number of hydrogen-bond acceptors (Lipinski definition) is 9. The van der Waals surface area contributed by atoms with Crippen molar-refractivity contribution in [3.63, 3.8) is 0 Å². The lowest BCUT2D eigenvalue weighted by Crippen LogP contribution is -2.54. The van der Waals surface area contributed by atoms with E-state index in [2.05, 4.69) is 57.0 Å². The number of halogens is 2. The second-order valence-electron chi connectivity index (χ2n) is 11.5. The Hall–Kier alpha value is -3.13. The van der Waals surface area contributed by atoms with Crippen molar-refractivity contribution in [2.75, 3.05) is 18.0 Å². The largest absolute Gasteiger partial charge is 0.365 e. The molecular weight excluding hydrogens is 565 g/mol. The minimum atomic E-state index is -2.69. The van der Waals surface area contributed by atoms with Crippen molar-refractivity contribution in [1.82, 2.24) is 39.0 Å². The van der Waals surface area contributed by atoms with Gasteiger partial charge >= 0.3 is 0 Å². The van der Waals surface area contributed by atoms with Crippen LogP contribution in [-0.4, -0.2) is 59.7 Å². The number of rotatable bonds is 7. The monoisotopic (exact) mass is 595 g/mol. The van der Waals surface area contributed by atoms with E-state index in [0.29, 0.717) is 28.5 Å². The van der Waals surface area contributed by atoms with Gasteiger partial charge in [-0.2, -0.15) is 0 Å². The standard InChI is InChI=1S/C28H31F2N9S2/c1-15-11-37(12-16(2)32-15)21-9-20(41-36-28(4)7-8-28)14-39-23(26-34-35-27(40-26)24(29)30)22(33-25(21)39)18-5-6-19-10-31-17(3)38(19)13-18/h5-6,9-10,13-16,24,32,36H,7-8,11-12H2,1-4H3/t15-,16-/m0/s1. The van der Waals surface area contributed by atoms with Crippen molar-refractivity contribution in [2.45, 2.75) is 69.5 Å². The number of aryl methyl sites for hydroxylation is 1. The molecule has 0 unspecified atom stereocenters. The third-order valence-corrected chi connectivity index (χ3v) is 9.80. The molecule has 214 valence electrons. The van der Waals surface area contributed by atoms with E-state index in [0.717, 1.165) is 70.4 Å². The number of nitrogens with one attached hydrogen (secondary N) is 2. The highest BCUT2D eigenvalue weighted by molar-refractivity contribution is 7.97. The molecule has 2 atom stereocenters. The van der Waals surface area contributed by atoms with Crippen molar-refractivity contribution >= 4 is 40.1 Å². The molecule has 1 aliphatic carbocycles. The summed E-state index contributed by atoms with van der Waals surface area (Å²) in [6, 6.07) is 6.79. The molecule has 0 radical (unpaired) electrons. The summed E-state index contributed by atoms with van der Waals surface area (Å²) in [6.07, 6.45) is 5.44. The second kappa shape index (κ2) is 10.0. The van der Waals surface area contributed by atoms with Crippen LogP contribution in [0.15, 0.2) is 41.7 Å². The summed E-state index contributed by atoms with van der Waals surface area (Å²) in [4.78, 5) is 13.0. The van der Waals surface area contributed by atoms with Crippen molar-refractivity contribution in [1.29, 1.82) is 0 Å². The highest BCUT2D eigenvalue weighted by atomic mass is 32.2. The normalized spacial score (nSPS) is 20.5. The van der Waals surface area contributed by atoms with Crippen molar-refractivity contribution in [3.8, 4) is 22.0 Å². The maximum Gasteiger partial charge on any atom is 0.291 e. The van der Waals surface area contributed by atoms with E-state index < -0.39 is 6.43 Å². The number of anilines is 1. The summed E-state index contributed by atoms with van der Waals surface area (Å²) < 4.78 is 35.0. The Morgan fingerprint density at radius 1 is 1.12 bits per heavy atom. The maximum absolute atomic E-state index is 13.7. The topological polar surface area (TPSA) is 87.7 Å². The van der Waals surface area contributed by atoms with Crippen molar-refractivity contribution < 1.29 is 8.78 Å². The highest BCUT2D eigenvalue weighted by Gasteiger charge is 2.37. The molecule has 1 saturated heterocycles. The molecule has 1 saturated carbocycles. The molecule has 13 heteroatoms. The van der Waals surface area contributed by atoms with Crippen molar-refractivity contribution in [3.05, 3.63) is 47.6 Å². The van der Waals surface area contributed by atoms with E-state index in [1.807, 2.05) is 46.4 Å². The Morgan fingerprint density at radius 3 is 2.61 bits per heavy atom. The lowest BCUT2D eigenvalue weighted by molar-refractivity contribution is 0.150. The molecule has 0 spiro atoms. The Kier molecular flexibility index (Phi) is 6.53. The predicted molar refractivity (Wildman–Crippen MR) is 159 cm³/mol. The molecule has 0 bridgehead atoms. The third kappa shape index (κ3) is 4.98. The van der Waals surface area contributed by atoms with Gasteiger partial charge in [-0.3, -0.25) is 9.12 Å². The van der Waals surface area contributed by atoms with Crippen LogP contribution in [0.25, 0.3) is 33.1 Å². The zero-order chi connectivity index (χ0) is 28.5. The number of imidazole rings is 2. The van der Waals surface area contributed by atoms with Crippen LogP contribution in [0.2, 0.25) is 0 Å². The first kappa shape index (κ1) is 26.7. The second-order valence-corrected chi connectivity index (χ2v) is 13.4. The van der Waals surface area contributed by atoms with E-state index in [9.17, 15) is 8.78 Å². The van der Waals surface area contributed by atoms with E-state index in [-0.39, 0.29) is 10.5 Å². The van der Waals surface area contributed by atoms with Gasteiger partial charge in [0.05, 0.1) is 17.4 Å². The van der Waals surface area contributed by atoms with Crippen LogP contribution < -0.4 is 14.9 Å². The SMILES string of the molecule is Cc1ncc2ccc(-c3nc4c(N5C[C@H](C)N[C@@H](C)C5)cc(SNC5(C)CC5)cn4c3-c3nnc(C(F)F)s3)cn12. The number of pyridine rings is 2. The summed E-state index contributed by atoms with van der Waals surface area (Å²) in [6.45, 7) is 10.2. The summed E-state index contributed by atoms with van der Waals surface area (Å²) in [5.41, 5.74) is 5.02. The summed E-state index contributed by atoms with van der Waals surface area (Å²) >= 11 is 2.51. The van der Waals surface area contributed by atoms with Gasteiger partial charge in [0, 0.05) is 53.6 Å². The fourth-order valence-corrected chi connectivity index (χ4v) is 7.11. The molecule has 5 aromatic heterocycles. The first-order valence-electron chi connectivity index (χ1n) is 13.7. The highest BCUT2D eigenvalue weighted by Crippen LogP contribution is 2.42. The van der Waals surface area contributed by atoms with Gasteiger partial charge in [-0.1, -0.05) is 11.3 Å². The molecule has 2 fully saturated rings. The molecule has 41 heavy (non-hydrogen) atoms. The van der Waals surface area contributed by atoms with Gasteiger partial charge in [-0.15, -0.1) is 10.2 Å². The number of hydrogen-bond donors (Lipinski definition) is 2. The van der Waals surface area contributed by atoms with Crippen LogP contribution in [0.1, 0.15) is 50.9 Å². The van der Waals surface area contributed by atoms with Gasteiger partial charge in [-0.05, 0) is 70.7 Å². The molecule has 1 aliphatic heterocycles. The third-order valence-electron chi connectivity index (χ3n) is 7.80. The molecule has 0 aromatic carbocycles. The molecule has 0 amide bonds. The van der Waals surface area contributed by atoms with E-state index in [1.165, 1.54) is 0 Å². The molecular formula is C28H31F2N9S2. The fraction of sp³-hybridized carbons (Fsp3) is 0.429. The van der Waals surface area contributed by atoms with Gasteiger partial charge in [-0.25, -0.2) is 18.7 Å². The number of fused-ring (bicyclic) bond motifs is 2. The molecule has 5 aromatic rings. The lowest BCUT2D eigenvalue weighted by Gasteiger charge is -2.37. The maximum atomic E-state index is 13.7. The minimum Gasteiger partial charge on any atom is -0.365 e. The van der Waals surface area contributed by atoms with E-state index >= 15 is 0 Å². The van der Waals surface area contributed by atoms with Crippen LogP contribution in [0.3, 0.4) is 0 Å². The van der Waals surface area contributed by atoms with Crippen LogP contribution >= 0.6 is 23.3 Å². The number of aromatic nitrogens is 6. The lowest BCUT2D eigenvalue weighted by atomic mass is 10.1. The molecule has 9 nitrogen and oxygen atoms in total. The molecule has 7 rings (SSSR count). The first-order valence-corrected chi connectivity index (χ1v) is 15.4. The van der Waals surface area contributed by atoms with Crippen molar-refractivity contribution in [2.24, 2.45) is 0 Å². The van der Waals surface area contributed by atoms with Gasteiger partial charge in [0.1, 0.15) is 17.2 Å². The smallest absolute Gasteiger partial charge is 0.291 e. The molecule has 2 N–H and O–H groups in total. The van der Waals surface area contributed by atoms with Gasteiger partial charge in [0.15, 0.2) is 15.7 Å². The number of alkyl halides is 2. The number of piperazine rings is 1. The van der Waals surface area contributed by atoms with Gasteiger partial charge < -0.3 is 14.6 Å². The van der Waals surface area contributed by atoms with E-state index in [1.54, 1.807) is 11.9 Å². The number of nitrogens with zero attached hydrogens (tertiary/aromatic N) is 7. The predicted octanol–water partition coefficient (Wildman–Crippen LogP) is 5.75. The zero-order valence-electron chi connectivity index (χ0n) is 23.2. The quantitative estimate of drug-likeness (QED) is 0.230. The first-order chi connectivity index (χ1) is 19.7. The average Bonchev–Trinajstić information content (AvgIpc) is 3.27. The molecule has 2 aliphatic rings. The van der Waals surface area contributed by atoms with Gasteiger partial charge in [0.25, 0.3) is 6.43 Å². The summed E-state index contributed by atoms with van der Waals surface area (Å²) in [5, 5.41) is 11.8. The minimum absolute atomic E-state index is 0.129. The average molecular weight is 596 g/mol. The van der Waals surface area contributed by atoms with Crippen LogP contribution in [-0.2, 0) is 0 Å².